The summed E-state index contributed by atoms with van der Waals surface area (Å²) in [6.45, 7) is 4.44. The van der Waals surface area contributed by atoms with Crippen molar-refractivity contribution in [3.63, 3.8) is 0 Å². The minimum atomic E-state index is -0.220. The second kappa shape index (κ2) is 6.78. The highest BCUT2D eigenvalue weighted by Crippen LogP contribution is 2.39. The molecule has 4 rings (SSSR count). The Bertz CT molecular complexity index is 981. The SMILES string of the molecule is CC1(C)CCC(=O)c2c(COc3ccccc3)nn(-c3ccc(Cl)nn3)c21. The number of fused-ring (bicyclic) bond motifs is 1. The van der Waals surface area contributed by atoms with Crippen molar-refractivity contribution in [2.75, 3.05) is 0 Å². The molecule has 0 amide bonds. The van der Waals surface area contributed by atoms with Crippen molar-refractivity contribution < 1.29 is 9.53 Å². The van der Waals surface area contributed by atoms with E-state index in [0.29, 0.717) is 28.6 Å². The van der Waals surface area contributed by atoms with Crippen LogP contribution in [0.3, 0.4) is 0 Å². The molecule has 1 aromatic carbocycles. The molecule has 0 saturated carbocycles. The Balaban J connectivity index is 1.80. The molecule has 27 heavy (non-hydrogen) atoms. The van der Waals surface area contributed by atoms with Crippen LogP contribution in [0.5, 0.6) is 5.75 Å². The van der Waals surface area contributed by atoms with Crippen molar-refractivity contribution in [1.29, 1.82) is 0 Å². The number of benzene rings is 1. The molecule has 0 bridgehead atoms. The van der Waals surface area contributed by atoms with Gasteiger partial charge >= 0.3 is 0 Å². The molecule has 1 aliphatic carbocycles. The summed E-state index contributed by atoms with van der Waals surface area (Å²) >= 11 is 5.87. The van der Waals surface area contributed by atoms with Gasteiger partial charge in [0, 0.05) is 11.8 Å². The van der Waals surface area contributed by atoms with Gasteiger partial charge in [0.2, 0.25) is 0 Å². The van der Waals surface area contributed by atoms with Crippen LogP contribution in [0.25, 0.3) is 5.82 Å². The average molecular weight is 383 g/mol. The summed E-state index contributed by atoms with van der Waals surface area (Å²) in [5, 5.41) is 13.0. The topological polar surface area (TPSA) is 69.9 Å². The Morgan fingerprint density at radius 2 is 1.93 bits per heavy atom. The minimum Gasteiger partial charge on any atom is -0.487 e. The van der Waals surface area contributed by atoms with E-state index >= 15 is 0 Å². The van der Waals surface area contributed by atoms with Crippen LogP contribution >= 0.6 is 11.6 Å². The number of Topliss-reactive ketones (excluding diaryl/α,β-unsaturated/α-hetero) is 1. The van der Waals surface area contributed by atoms with Crippen molar-refractivity contribution in [1.82, 2.24) is 20.0 Å². The zero-order valence-corrected chi connectivity index (χ0v) is 15.9. The summed E-state index contributed by atoms with van der Waals surface area (Å²) in [6.07, 6.45) is 1.25. The molecule has 6 nitrogen and oxygen atoms in total. The predicted molar refractivity (Wildman–Crippen MR) is 102 cm³/mol. The first-order chi connectivity index (χ1) is 13.0. The molecule has 2 aromatic heterocycles. The van der Waals surface area contributed by atoms with Gasteiger partial charge in [0.25, 0.3) is 0 Å². The number of hydrogen-bond donors (Lipinski definition) is 0. The van der Waals surface area contributed by atoms with Crippen molar-refractivity contribution in [2.24, 2.45) is 0 Å². The lowest BCUT2D eigenvalue weighted by atomic mass is 9.75. The lowest BCUT2D eigenvalue weighted by Crippen LogP contribution is -2.30. The van der Waals surface area contributed by atoms with E-state index in [2.05, 4.69) is 29.1 Å². The van der Waals surface area contributed by atoms with E-state index in [0.717, 1.165) is 17.9 Å². The molecule has 7 heteroatoms. The first-order valence-electron chi connectivity index (χ1n) is 8.79. The molecule has 1 aliphatic rings. The summed E-state index contributed by atoms with van der Waals surface area (Å²) < 4.78 is 7.57. The lowest BCUT2D eigenvalue weighted by molar-refractivity contribution is 0.0953. The minimum absolute atomic E-state index is 0.0872. The van der Waals surface area contributed by atoms with Gasteiger partial charge in [0.05, 0.1) is 11.3 Å². The van der Waals surface area contributed by atoms with E-state index in [1.807, 2.05) is 30.3 Å². The van der Waals surface area contributed by atoms with Crippen LogP contribution in [-0.2, 0) is 12.0 Å². The number of aromatic nitrogens is 4. The van der Waals surface area contributed by atoms with Crippen LogP contribution in [-0.4, -0.2) is 25.8 Å². The van der Waals surface area contributed by atoms with Gasteiger partial charge in [-0.15, -0.1) is 10.2 Å². The summed E-state index contributed by atoms with van der Waals surface area (Å²) in [5.74, 6) is 1.35. The number of carbonyl (C=O) groups excluding carboxylic acids is 1. The summed E-state index contributed by atoms with van der Waals surface area (Å²) in [7, 11) is 0. The summed E-state index contributed by atoms with van der Waals surface area (Å²) in [4.78, 5) is 12.7. The maximum absolute atomic E-state index is 12.7. The Morgan fingerprint density at radius 3 is 2.63 bits per heavy atom. The van der Waals surface area contributed by atoms with Crippen molar-refractivity contribution >= 4 is 17.4 Å². The monoisotopic (exact) mass is 382 g/mol. The van der Waals surface area contributed by atoms with E-state index in [9.17, 15) is 4.79 Å². The molecule has 0 spiro atoms. The number of ketones is 1. The Labute approximate surface area is 162 Å². The number of hydrogen-bond acceptors (Lipinski definition) is 5. The maximum atomic E-state index is 12.7. The van der Waals surface area contributed by atoms with E-state index in [-0.39, 0.29) is 17.8 Å². The van der Waals surface area contributed by atoms with Gasteiger partial charge in [-0.2, -0.15) is 5.10 Å². The van der Waals surface area contributed by atoms with Crippen molar-refractivity contribution in [2.45, 2.75) is 38.7 Å². The number of halogens is 1. The summed E-state index contributed by atoms with van der Waals surface area (Å²) in [5.41, 5.74) is 1.88. The zero-order valence-electron chi connectivity index (χ0n) is 15.1. The van der Waals surface area contributed by atoms with Crippen molar-refractivity contribution in [3.8, 4) is 11.6 Å². The predicted octanol–water partition coefficient (Wildman–Crippen LogP) is 4.15. The fourth-order valence-electron chi connectivity index (χ4n) is 3.41. The highest BCUT2D eigenvalue weighted by molar-refractivity contribution is 6.29. The number of rotatable bonds is 4. The first kappa shape index (κ1) is 17.7. The van der Waals surface area contributed by atoms with Crippen LogP contribution in [0, 0.1) is 0 Å². The maximum Gasteiger partial charge on any atom is 0.176 e. The first-order valence-corrected chi connectivity index (χ1v) is 9.16. The average Bonchev–Trinajstić information content (AvgIpc) is 3.06. The van der Waals surface area contributed by atoms with Gasteiger partial charge < -0.3 is 4.74 Å². The van der Waals surface area contributed by atoms with Gasteiger partial charge in [0.15, 0.2) is 16.8 Å². The molecule has 0 radical (unpaired) electrons. The lowest BCUT2D eigenvalue weighted by Gasteiger charge is -2.30. The fraction of sp³-hybridized carbons (Fsp3) is 0.300. The molecule has 0 aliphatic heterocycles. The van der Waals surface area contributed by atoms with Crippen LogP contribution in [0.15, 0.2) is 42.5 Å². The standard InChI is InChI=1S/C20H19ClN4O2/c1-20(2)11-10-15(26)18-14(12-27-13-6-4-3-5-7-13)24-25(19(18)20)17-9-8-16(21)22-23-17/h3-9H,10-12H2,1-2H3. The number of ether oxygens (including phenoxy) is 1. The molecule has 0 N–H and O–H groups in total. The Hall–Kier alpha value is -2.73. The zero-order chi connectivity index (χ0) is 19.0. The molecule has 138 valence electrons. The van der Waals surface area contributed by atoms with Crippen LogP contribution in [0.1, 0.15) is 48.4 Å². The normalized spacial score (nSPS) is 15.4. The van der Waals surface area contributed by atoms with E-state index in [4.69, 9.17) is 16.3 Å². The third-order valence-corrected chi connectivity index (χ3v) is 5.01. The Kier molecular flexibility index (Phi) is 4.44. The Morgan fingerprint density at radius 1 is 1.15 bits per heavy atom. The van der Waals surface area contributed by atoms with Gasteiger partial charge in [-0.05, 0) is 30.7 Å². The van der Waals surface area contributed by atoms with E-state index in [1.165, 1.54) is 0 Å². The molecular weight excluding hydrogens is 364 g/mol. The molecule has 0 atom stereocenters. The molecule has 0 fully saturated rings. The van der Waals surface area contributed by atoms with Crippen molar-refractivity contribution in [3.05, 3.63) is 64.6 Å². The van der Waals surface area contributed by atoms with Gasteiger partial charge in [-0.25, -0.2) is 4.68 Å². The highest BCUT2D eigenvalue weighted by atomic mass is 35.5. The number of para-hydroxylation sites is 1. The van der Waals surface area contributed by atoms with Gasteiger partial charge in [-0.3, -0.25) is 4.79 Å². The van der Waals surface area contributed by atoms with Crippen LogP contribution in [0.4, 0.5) is 0 Å². The van der Waals surface area contributed by atoms with Gasteiger partial charge in [-0.1, -0.05) is 43.6 Å². The van der Waals surface area contributed by atoms with Gasteiger partial charge in [0.1, 0.15) is 18.1 Å². The highest BCUT2D eigenvalue weighted by Gasteiger charge is 2.39. The molecule has 0 saturated heterocycles. The third kappa shape index (κ3) is 3.32. The molecular formula is C20H19ClN4O2. The summed E-state index contributed by atoms with van der Waals surface area (Å²) in [6, 6.07) is 12.9. The van der Waals surface area contributed by atoms with Crippen LogP contribution in [0.2, 0.25) is 5.15 Å². The van der Waals surface area contributed by atoms with E-state index < -0.39 is 0 Å². The molecule has 2 heterocycles. The number of carbonyl (C=O) groups is 1. The second-order valence-electron chi connectivity index (χ2n) is 7.21. The number of nitrogens with zero attached hydrogens (tertiary/aromatic N) is 4. The molecule has 3 aromatic rings. The largest absolute Gasteiger partial charge is 0.487 e. The quantitative estimate of drug-likeness (QED) is 0.678. The molecule has 0 unspecified atom stereocenters. The third-order valence-electron chi connectivity index (χ3n) is 4.81. The second-order valence-corrected chi connectivity index (χ2v) is 7.59. The fourth-order valence-corrected chi connectivity index (χ4v) is 3.51. The smallest absolute Gasteiger partial charge is 0.176 e. The van der Waals surface area contributed by atoms with E-state index in [1.54, 1.807) is 16.8 Å². The van der Waals surface area contributed by atoms with Crippen LogP contribution < -0.4 is 4.74 Å².